The van der Waals surface area contributed by atoms with Crippen molar-refractivity contribution in [1.82, 2.24) is 0 Å². The van der Waals surface area contributed by atoms with Crippen molar-refractivity contribution < 1.29 is 42.1 Å². The molecule has 0 amide bonds. The average molecular weight is 865 g/mol. The second-order valence-electron chi connectivity index (χ2n) is 17.1. The van der Waals surface area contributed by atoms with Crippen LogP contribution in [0.1, 0.15) is 194 Å². The molecule has 0 aliphatic heterocycles. The highest BCUT2D eigenvalue weighted by molar-refractivity contribution is 7.47. The molecule has 10 heteroatoms. The third kappa shape index (κ3) is 45.2. The molecule has 2 atom stereocenters. The summed E-state index contributed by atoms with van der Waals surface area (Å²) in [5.74, 6) is -0.833. The number of likely N-dealkylation sites (N-methyl/N-ethyl adjacent to an activating group) is 1. The summed E-state index contributed by atoms with van der Waals surface area (Å²) >= 11 is 0. The van der Waals surface area contributed by atoms with E-state index in [0.29, 0.717) is 17.4 Å². The summed E-state index contributed by atoms with van der Waals surface area (Å²) in [4.78, 5) is 35.5. The summed E-state index contributed by atoms with van der Waals surface area (Å²) < 4.78 is 34.4. The van der Waals surface area contributed by atoms with Gasteiger partial charge in [0, 0.05) is 12.8 Å². The zero-order valence-corrected chi connectivity index (χ0v) is 40.1. The number of quaternary nitrogens is 1. The SMILES string of the molecule is CC/C=C\C/C=C\C/C=C\C/C=C\C/C=C\CCCCCC(=O)OC(COC(=O)CCCCCCCCCCCCCCCCCCC)COP(=O)(O)OCC[N+](C)(C)C. The molecular weight excluding hydrogens is 774 g/mol. The third-order valence-electron chi connectivity index (χ3n) is 10.1. The predicted octanol–water partition coefficient (Wildman–Crippen LogP) is 14.0. The highest BCUT2D eigenvalue weighted by Gasteiger charge is 2.27. The van der Waals surface area contributed by atoms with Gasteiger partial charge in [-0.3, -0.25) is 18.6 Å². The molecule has 0 aliphatic rings. The van der Waals surface area contributed by atoms with E-state index in [1.807, 2.05) is 21.1 Å². The molecule has 0 saturated carbocycles. The average Bonchev–Trinajstić information content (AvgIpc) is 3.20. The maximum Gasteiger partial charge on any atom is 0.472 e. The van der Waals surface area contributed by atoms with Crippen LogP contribution in [0.2, 0.25) is 0 Å². The third-order valence-corrected chi connectivity index (χ3v) is 11.0. The minimum absolute atomic E-state index is 0.0235. The van der Waals surface area contributed by atoms with Gasteiger partial charge in [0.2, 0.25) is 0 Å². The molecule has 0 saturated heterocycles. The highest BCUT2D eigenvalue weighted by Crippen LogP contribution is 2.43. The van der Waals surface area contributed by atoms with E-state index in [2.05, 4.69) is 74.6 Å². The van der Waals surface area contributed by atoms with Crippen molar-refractivity contribution in [3.05, 3.63) is 60.8 Å². The van der Waals surface area contributed by atoms with Gasteiger partial charge in [0.1, 0.15) is 19.8 Å². The molecule has 0 spiro atoms. The van der Waals surface area contributed by atoms with Crippen LogP contribution in [0, 0.1) is 0 Å². The molecule has 0 aliphatic carbocycles. The van der Waals surface area contributed by atoms with Crippen LogP contribution in [0.3, 0.4) is 0 Å². The molecule has 0 bridgehead atoms. The zero-order valence-electron chi connectivity index (χ0n) is 39.2. The summed E-state index contributed by atoms with van der Waals surface area (Å²) in [6.45, 7) is 4.28. The first kappa shape index (κ1) is 57.7. The molecule has 0 fully saturated rings. The van der Waals surface area contributed by atoms with E-state index in [1.165, 1.54) is 89.9 Å². The molecule has 0 aromatic carbocycles. The van der Waals surface area contributed by atoms with Gasteiger partial charge in [0.15, 0.2) is 6.10 Å². The van der Waals surface area contributed by atoms with Gasteiger partial charge in [-0.15, -0.1) is 0 Å². The van der Waals surface area contributed by atoms with Crippen molar-refractivity contribution in [3.8, 4) is 0 Å². The molecule has 60 heavy (non-hydrogen) atoms. The Hall–Kier alpha value is -2.29. The number of carbonyl (C=O) groups excluding carboxylic acids is 2. The number of nitrogens with zero attached hydrogens (tertiary/aromatic N) is 1. The van der Waals surface area contributed by atoms with E-state index in [0.717, 1.165) is 70.6 Å². The molecule has 0 aromatic rings. The number of hydrogen-bond acceptors (Lipinski definition) is 7. The molecule has 1 N–H and O–H groups in total. The molecular formula is C50H91NO8P+. The molecule has 348 valence electrons. The van der Waals surface area contributed by atoms with Gasteiger partial charge in [-0.05, 0) is 57.8 Å². The first-order chi connectivity index (χ1) is 29.0. The summed E-state index contributed by atoms with van der Waals surface area (Å²) in [5.41, 5.74) is 0. The Morgan fingerprint density at radius 2 is 0.950 bits per heavy atom. The van der Waals surface area contributed by atoms with Gasteiger partial charge < -0.3 is 18.9 Å². The fourth-order valence-electron chi connectivity index (χ4n) is 6.33. The Morgan fingerprint density at radius 1 is 0.533 bits per heavy atom. The van der Waals surface area contributed by atoms with Crippen molar-refractivity contribution in [2.75, 3.05) is 47.5 Å². The number of ether oxygens (including phenoxy) is 2. The van der Waals surface area contributed by atoms with Crippen molar-refractivity contribution in [3.63, 3.8) is 0 Å². The van der Waals surface area contributed by atoms with E-state index in [1.54, 1.807) is 0 Å². The lowest BCUT2D eigenvalue weighted by Gasteiger charge is -2.24. The lowest BCUT2D eigenvalue weighted by Crippen LogP contribution is -2.37. The Bertz CT molecular complexity index is 1210. The predicted molar refractivity (Wildman–Crippen MR) is 252 cm³/mol. The van der Waals surface area contributed by atoms with Gasteiger partial charge in [0.25, 0.3) is 0 Å². The smallest absolute Gasteiger partial charge is 0.462 e. The van der Waals surface area contributed by atoms with E-state index in [-0.39, 0.29) is 32.0 Å². The van der Waals surface area contributed by atoms with Crippen LogP contribution < -0.4 is 0 Å². The second kappa shape index (κ2) is 42.0. The second-order valence-corrected chi connectivity index (χ2v) is 18.6. The number of esters is 2. The number of phosphoric ester groups is 1. The molecule has 0 heterocycles. The quantitative estimate of drug-likeness (QED) is 0.0212. The Labute approximate surface area is 368 Å². The van der Waals surface area contributed by atoms with Gasteiger partial charge in [0.05, 0.1) is 27.7 Å². The minimum atomic E-state index is -4.39. The Balaban J connectivity index is 4.37. The minimum Gasteiger partial charge on any atom is -0.462 e. The summed E-state index contributed by atoms with van der Waals surface area (Å²) in [6, 6.07) is 0. The van der Waals surface area contributed by atoms with Crippen LogP contribution in [0.5, 0.6) is 0 Å². The molecule has 9 nitrogen and oxygen atoms in total. The van der Waals surface area contributed by atoms with E-state index >= 15 is 0 Å². The van der Waals surface area contributed by atoms with Gasteiger partial charge in [-0.25, -0.2) is 4.57 Å². The number of carbonyl (C=O) groups is 2. The van der Waals surface area contributed by atoms with E-state index in [4.69, 9.17) is 18.5 Å². The lowest BCUT2D eigenvalue weighted by atomic mass is 10.0. The number of rotatable bonds is 43. The van der Waals surface area contributed by atoms with Crippen LogP contribution in [0.25, 0.3) is 0 Å². The summed E-state index contributed by atoms with van der Waals surface area (Å²) in [6.07, 6.45) is 51.3. The maximum atomic E-state index is 12.7. The van der Waals surface area contributed by atoms with E-state index in [9.17, 15) is 19.0 Å². The normalized spacial score (nSPS) is 14.0. The van der Waals surface area contributed by atoms with Crippen molar-refractivity contribution in [1.29, 1.82) is 0 Å². The molecule has 0 aromatic heterocycles. The largest absolute Gasteiger partial charge is 0.472 e. The zero-order chi connectivity index (χ0) is 44.3. The van der Waals surface area contributed by atoms with Gasteiger partial charge in [-0.2, -0.15) is 0 Å². The summed E-state index contributed by atoms with van der Waals surface area (Å²) in [7, 11) is 1.45. The Kier molecular flexibility index (Phi) is 40.4. The van der Waals surface area contributed by atoms with E-state index < -0.39 is 26.5 Å². The van der Waals surface area contributed by atoms with Crippen LogP contribution in [-0.2, 0) is 32.7 Å². The number of allylic oxidation sites excluding steroid dienone is 10. The lowest BCUT2D eigenvalue weighted by molar-refractivity contribution is -0.870. The topological polar surface area (TPSA) is 108 Å². The van der Waals surface area contributed by atoms with Crippen molar-refractivity contribution in [2.24, 2.45) is 0 Å². The first-order valence-corrected chi connectivity index (χ1v) is 25.5. The highest BCUT2D eigenvalue weighted by atomic mass is 31.2. The number of unbranched alkanes of at least 4 members (excludes halogenated alkanes) is 19. The van der Waals surface area contributed by atoms with Crippen molar-refractivity contribution >= 4 is 19.8 Å². The monoisotopic (exact) mass is 865 g/mol. The molecule has 2 unspecified atom stereocenters. The maximum absolute atomic E-state index is 12.7. The fraction of sp³-hybridized carbons (Fsp3) is 0.760. The van der Waals surface area contributed by atoms with Crippen molar-refractivity contribution in [2.45, 2.75) is 200 Å². The van der Waals surface area contributed by atoms with Gasteiger partial charge in [-0.1, -0.05) is 184 Å². The van der Waals surface area contributed by atoms with Crippen LogP contribution in [0.4, 0.5) is 0 Å². The van der Waals surface area contributed by atoms with Crippen LogP contribution in [-0.4, -0.2) is 74.9 Å². The standard InChI is InChI=1S/C50H90NO8P/c1-6-8-10-12-14-16-18-20-22-24-25-27-29-31-33-35-37-39-41-43-50(53)59-48(47-58-60(54,55)57-45-44-51(3,4)5)46-56-49(52)42-40-38-36-34-32-30-28-26-23-21-19-17-15-13-11-9-7-2/h8,10,14,16,20,22,25,27,31,33,48H,6-7,9,11-13,15,17-19,21,23-24,26,28-30,32,34-47H2,1-5H3/p+1/b10-8-,16-14-,22-20-,27-25-,33-31-. The van der Waals surface area contributed by atoms with Crippen LogP contribution in [0.15, 0.2) is 60.8 Å². The number of hydrogen-bond donors (Lipinski definition) is 1. The first-order valence-electron chi connectivity index (χ1n) is 24.0. The van der Waals surface area contributed by atoms with Gasteiger partial charge >= 0.3 is 19.8 Å². The molecule has 0 rings (SSSR count). The molecule has 0 radical (unpaired) electrons. The number of phosphoric acid groups is 1. The van der Waals surface area contributed by atoms with Crippen LogP contribution >= 0.6 is 7.82 Å². The Morgan fingerprint density at radius 3 is 1.42 bits per heavy atom. The summed E-state index contributed by atoms with van der Waals surface area (Å²) in [5, 5.41) is 0. The fourth-order valence-corrected chi connectivity index (χ4v) is 7.08.